The smallest absolute Gasteiger partial charge is 0.165 e. The van der Waals surface area contributed by atoms with E-state index in [1.165, 1.54) is 0 Å². The van der Waals surface area contributed by atoms with E-state index < -0.39 is 11.6 Å². The van der Waals surface area contributed by atoms with E-state index >= 15 is 0 Å². The SMILES string of the molecule is Cc1csc2c(N3CCSCC3)nc(-c3cc(F)c(Cl)cc3F)nc12. The minimum atomic E-state index is -0.681. The molecule has 1 aliphatic heterocycles. The van der Waals surface area contributed by atoms with Crippen LogP contribution in [0.5, 0.6) is 0 Å². The maximum Gasteiger partial charge on any atom is 0.165 e. The molecular formula is C17H14ClF2N3S2. The van der Waals surface area contributed by atoms with Gasteiger partial charge in [-0.2, -0.15) is 11.8 Å². The summed E-state index contributed by atoms with van der Waals surface area (Å²) < 4.78 is 29.2. The van der Waals surface area contributed by atoms with E-state index in [4.69, 9.17) is 11.6 Å². The number of rotatable bonds is 2. The molecule has 0 amide bonds. The molecular weight excluding hydrogens is 384 g/mol. The van der Waals surface area contributed by atoms with Crippen LogP contribution >= 0.6 is 34.7 Å². The van der Waals surface area contributed by atoms with Gasteiger partial charge in [0, 0.05) is 24.6 Å². The van der Waals surface area contributed by atoms with Gasteiger partial charge in [0.2, 0.25) is 0 Å². The van der Waals surface area contributed by atoms with Gasteiger partial charge in [0.1, 0.15) is 11.6 Å². The molecule has 130 valence electrons. The first-order valence-electron chi connectivity index (χ1n) is 7.78. The van der Waals surface area contributed by atoms with Crippen LogP contribution < -0.4 is 4.90 Å². The van der Waals surface area contributed by atoms with Crippen molar-refractivity contribution in [1.82, 2.24) is 9.97 Å². The van der Waals surface area contributed by atoms with Crippen molar-refractivity contribution in [2.24, 2.45) is 0 Å². The highest BCUT2D eigenvalue weighted by Gasteiger charge is 2.21. The Labute approximate surface area is 157 Å². The molecule has 3 aromatic rings. The first kappa shape index (κ1) is 17.0. The largest absolute Gasteiger partial charge is 0.354 e. The number of hydrogen-bond donors (Lipinski definition) is 0. The average Bonchev–Trinajstić information content (AvgIpc) is 2.99. The first-order chi connectivity index (χ1) is 12.0. The highest BCUT2D eigenvalue weighted by molar-refractivity contribution is 7.99. The zero-order valence-corrected chi connectivity index (χ0v) is 15.7. The Bertz CT molecular complexity index is 955. The van der Waals surface area contributed by atoms with E-state index in [1.54, 1.807) is 11.3 Å². The Morgan fingerprint density at radius 1 is 1.12 bits per heavy atom. The third kappa shape index (κ3) is 3.09. The molecule has 0 saturated carbocycles. The predicted molar refractivity (Wildman–Crippen MR) is 102 cm³/mol. The summed E-state index contributed by atoms with van der Waals surface area (Å²) >= 11 is 9.15. The Morgan fingerprint density at radius 3 is 2.64 bits per heavy atom. The molecule has 0 atom stereocenters. The predicted octanol–water partition coefficient (Wildman–Crippen LogP) is 5.15. The van der Waals surface area contributed by atoms with Gasteiger partial charge in [-0.3, -0.25) is 0 Å². The number of thioether (sulfide) groups is 1. The van der Waals surface area contributed by atoms with Crippen molar-refractivity contribution in [3.63, 3.8) is 0 Å². The summed E-state index contributed by atoms with van der Waals surface area (Å²) in [4.78, 5) is 11.3. The Balaban J connectivity index is 1.93. The number of anilines is 1. The molecule has 1 saturated heterocycles. The topological polar surface area (TPSA) is 29.0 Å². The van der Waals surface area contributed by atoms with Crippen molar-refractivity contribution < 1.29 is 8.78 Å². The fraction of sp³-hybridized carbons (Fsp3) is 0.294. The third-order valence-electron chi connectivity index (χ3n) is 4.14. The highest BCUT2D eigenvalue weighted by atomic mass is 35.5. The average molecular weight is 398 g/mol. The van der Waals surface area contributed by atoms with E-state index in [0.29, 0.717) is 0 Å². The molecule has 1 aromatic carbocycles. The minimum absolute atomic E-state index is 0.0297. The number of benzene rings is 1. The Kier molecular flexibility index (Phi) is 4.56. The number of nitrogens with zero attached hydrogens (tertiary/aromatic N) is 3. The van der Waals surface area contributed by atoms with E-state index in [1.807, 2.05) is 24.1 Å². The lowest BCUT2D eigenvalue weighted by Gasteiger charge is -2.28. The molecule has 0 radical (unpaired) electrons. The van der Waals surface area contributed by atoms with E-state index in [9.17, 15) is 8.78 Å². The number of halogens is 3. The van der Waals surface area contributed by atoms with Gasteiger partial charge < -0.3 is 4.90 Å². The van der Waals surface area contributed by atoms with Gasteiger partial charge in [-0.15, -0.1) is 11.3 Å². The maximum atomic E-state index is 14.4. The van der Waals surface area contributed by atoms with Gasteiger partial charge >= 0.3 is 0 Å². The summed E-state index contributed by atoms with van der Waals surface area (Å²) in [6.45, 7) is 3.72. The molecule has 1 aliphatic rings. The molecule has 3 heterocycles. The fourth-order valence-corrected chi connectivity index (χ4v) is 4.88. The normalized spacial score (nSPS) is 15.1. The second kappa shape index (κ2) is 6.70. The van der Waals surface area contributed by atoms with Gasteiger partial charge in [-0.05, 0) is 30.0 Å². The molecule has 0 unspecified atom stereocenters. The van der Waals surface area contributed by atoms with Crippen LogP contribution in [0, 0.1) is 18.6 Å². The molecule has 3 nitrogen and oxygen atoms in total. The fourth-order valence-electron chi connectivity index (χ4n) is 2.82. The third-order valence-corrected chi connectivity index (χ3v) is 6.45. The van der Waals surface area contributed by atoms with Crippen LogP contribution in [0.1, 0.15) is 5.56 Å². The molecule has 0 aliphatic carbocycles. The van der Waals surface area contributed by atoms with Gasteiger partial charge in [0.15, 0.2) is 11.6 Å². The summed E-state index contributed by atoms with van der Waals surface area (Å²) in [5, 5.41) is 1.77. The van der Waals surface area contributed by atoms with Crippen LogP contribution in [0.15, 0.2) is 17.5 Å². The van der Waals surface area contributed by atoms with Gasteiger partial charge in [0.25, 0.3) is 0 Å². The van der Waals surface area contributed by atoms with Crippen molar-refractivity contribution in [1.29, 1.82) is 0 Å². The number of fused-ring (bicyclic) bond motifs is 1. The number of thiophene rings is 1. The van der Waals surface area contributed by atoms with Crippen molar-refractivity contribution in [3.8, 4) is 11.4 Å². The molecule has 2 aromatic heterocycles. The molecule has 4 rings (SSSR count). The van der Waals surface area contributed by atoms with Gasteiger partial charge in [0.05, 0.1) is 20.8 Å². The zero-order valence-electron chi connectivity index (χ0n) is 13.4. The summed E-state index contributed by atoms with van der Waals surface area (Å²) in [6, 6.07) is 2.04. The highest BCUT2D eigenvalue weighted by Crippen LogP contribution is 2.36. The summed E-state index contributed by atoms with van der Waals surface area (Å²) in [6.07, 6.45) is 0. The molecule has 0 bridgehead atoms. The minimum Gasteiger partial charge on any atom is -0.354 e. The van der Waals surface area contributed by atoms with Crippen LogP contribution in [-0.4, -0.2) is 34.6 Å². The zero-order chi connectivity index (χ0) is 17.6. The van der Waals surface area contributed by atoms with Crippen molar-refractivity contribution in [2.75, 3.05) is 29.5 Å². The lowest BCUT2D eigenvalue weighted by Crippen LogP contribution is -2.33. The number of aryl methyl sites for hydroxylation is 1. The lowest BCUT2D eigenvalue weighted by atomic mass is 10.2. The van der Waals surface area contributed by atoms with Crippen molar-refractivity contribution >= 4 is 50.7 Å². The monoisotopic (exact) mass is 397 g/mol. The molecule has 25 heavy (non-hydrogen) atoms. The Hall–Kier alpha value is -1.44. The van der Waals surface area contributed by atoms with Gasteiger partial charge in [-0.1, -0.05) is 11.6 Å². The molecule has 0 N–H and O–H groups in total. The van der Waals surface area contributed by atoms with E-state index in [0.717, 1.165) is 58.3 Å². The van der Waals surface area contributed by atoms with Gasteiger partial charge in [-0.25, -0.2) is 18.7 Å². The quantitative estimate of drug-likeness (QED) is 0.559. The van der Waals surface area contributed by atoms with Crippen molar-refractivity contribution in [3.05, 3.63) is 39.7 Å². The van der Waals surface area contributed by atoms with Crippen LogP contribution in [0.2, 0.25) is 5.02 Å². The summed E-state index contributed by atoms with van der Waals surface area (Å²) in [5.41, 5.74) is 1.83. The maximum absolute atomic E-state index is 14.4. The molecule has 0 spiro atoms. The van der Waals surface area contributed by atoms with Crippen LogP contribution in [0.4, 0.5) is 14.6 Å². The lowest BCUT2D eigenvalue weighted by molar-refractivity contribution is 0.602. The molecule has 1 fully saturated rings. The van der Waals surface area contributed by atoms with Crippen LogP contribution in [0.25, 0.3) is 21.6 Å². The second-order valence-electron chi connectivity index (χ2n) is 5.81. The second-order valence-corrected chi connectivity index (χ2v) is 8.32. The van der Waals surface area contributed by atoms with E-state index in [2.05, 4.69) is 14.9 Å². The molecule has 8 heteroatoms. The summed E-state index contributed by atoms with van der Waals surface area (Å²) in [5.74, 6) is 1.73. The first-order valence-corrected chi connectivity index (χ1v) is 10.2. The van der Waals surface area contributed by atoms with Crippen LogP contribution in [0.3, 0.4) is 0 Å². The summed E-state index contributed by atoms with van der Waals surface area (Å²) in [7, 11) is 0. The van der Waals surface area contributed by atoms with Crippen LogP contribution in [-0.2, 0) is 0 Å². The van der Waals surface area contributed by atoms with Crippen molar-refractivity contribution in [2.45, 2.75) is 6.92 Å². The van der Waals surface area contributed by atoms with E-state index in [-0.39, 0.29) is 16.4 Å². The number of aromatic nitrogens is 2. The standard InChI is InChI=1S/C17H14ClF2N3S2/c1-9-8-25-15-14(9)21-16(10-6-13(20)11(18)7-12(10)19)22-17(15)23-2-4-24-5-3-23/h6-8H,2-5H2,1H3. The number of hydrogen-bond acceptors (Lipinski definition) is 5. The Morgan fingerprint density at radius 2 is 1.88 bits per heavy atom.